The van der Waals surface area contributed by atoms with Gasteiger partial charge in [0.05, 0.1) is 11.1 Å². The van der Waals surface area contributed by atoms with Crippen molar-refractivity contribution in [1.29, 1.82) is 0 Å². The van der Waals surface area contributed by atoms with Gasteiger partial charge >= 0.3 is 0 Å². The molecule has 82 valence electrons. The molecule has 0 amide bonds. The van der Waals surface area contributed by atoms with Crippen LogP contribution in [-0.2, 0) is 5.41 Å². The number of aliphatic hydroxyl groups excluding tert-OH is 1. The molecule has 1 fully saturated rings. The Bertz CT molecular complexity index is 377. The van der Waals surface area contributed by atoms with E-state index in [1.54, 1.807) is 12.1 Å². The van der Waals surface area contributed by atoms with Gasteiger partial charge in [0.25, 0.3) is 0 Å². The van der Waals surface area contributed by atoms with E-state index in [2.05, 4.69) is 0 Å². The zero-order valence-corrected chi connectivity index (χ0v) is 8.97. The van der Waals surface area contributed by atoms with Gasteiger partial charge in [-0.25, -0.2) is 4.39 Å². The standard InChI is InChI=1S/C11H13ClFNO/c12-9-3-1-2-8(10(9)13)11(6-14)4-7(15)5-11/h1-3,7,15H,4-6,14H2. The number of nitrogens with two attached hydrogens (primary N) is 1. The lowest BCUT2D eigenvalue weighted by molar-refractivity contribution is 0.0205. The van der Waals surface area contributed by atoms with Gasteiger partial charge in [0.1, 0.15) is 5.82 Å². The van der Waals surface area contributed by atoms with Gasteiger partial charge in [-0.1, -0.05) is 23.7 Å². The third-order valence-electron chi connectivity index (χ3n) is 3.17. The van der Waals surface area contributed by atoms with E-state index in [9.17, 15) is 9.50 Å². The van der Waals surface area contributed by atoms with Crippen LogP contribution in [0.25, 0.3) is 0 Å². The molecule has 0 radical (unpaired) electrons. The van der Waals surface area contributed by atoms with Crippen molar-refractivity contribution < 1.29 is 9.50 Å². The molecule has 0 saturated heterocycles. The van der Waals surface area contributed by atoms with Crippen LogP contribution in [0.4, 0.5) is 4.39 Å². The van der Waals surface area contributed by atoms with E-state index in [0.717, 1.165) is 0 Å². The molecule has 0 heterocycles. The van der Waals surface area contributed by atoms with Crippen molar-refractivity contribution in [3.8, 4) is 0 Å². The highest BCUT2D eigenvalue weighted by Crippen LogP contribution is 2.44. The maximum absolute atomic E-state index is 13.8. The Kier molecular flexibility index (Phi) is 2.71. The van der Waals surface area contributed by atoms with Crippen LogP contribution in [0, 0.1) is 5.82 Å². The number of halogens is 2. The molecule has 0 unspecified atom stereocenters. The van der Waals surface area contributed by atoms with Gasteiger partial charge in [0.15, 0.2) is 0 Å². The average molecular weight is 230 g/mol. The van der Waals surface area contributed by atoms with Gasteiger partial charge in [-0.2, -0.15) is 0 Å². The molecule has 1 aromatic carbocycles. The van der Waals surface area contributed by atoms with Crippen LogP contribution in [-0.4, -0.2) is 17.8 Å². The van der Waals surface area contributed by atoms with Crippen molar-refractivity contribution in [1.82, 2.24) is 0 Å². The van der Waals surface area contributed by atoms with Gasteiger partial charge in [-0.3, -0.25) is 0 Å². The summed E-state index contributed by atoms with van der Waals surface area (Å²) >= 11 is 5.72. The highest BCUT2D eigenvalue weighted by Gasteiger charge is 2.45. The summed E-state index contributed by atoms with van der Waals surface area (Å²) in [5, 5.41) is 9.44. The minimum absolute atomic E-state index is 0.113. The maximum atomic E-state index is 13.8. The van der Waals surface area contributed by atoms with E-state index in [1.807, 2.05) is 0 Å². The normalized spacial score (nSPS) is 30.0. The van der Waals surface area contributed by atoms with Crippen LogP contribution < -0.4 is 5.73 Å². The predicted octanol–water partition coefficient (Wildman–Crippen LogP) is 1.83. The molecule has 1 aromatic rings. The lowest BCUT2D eigenvalue weighted by atomic mass is 9.62. The van der Waals surface area contributed by atoms with E-state index < -0.39 is 11.2 Å². The summed E-state index contributed by atoms with van der Waals surface area (Å²) in [4.78, 5) is 0. The van der Waals surface area contributed by atoms with Crippen LogP contribution in [0.3, 0.4) is 0 Å². The van der Waals surface area contributed by atoms with E-state index in [0.29, 0.717) is 24.9 Å². The SMILES string of the molecule is NCC1(c2cccc(Cl)c2F)CC(O)C1. The van der Waals surface area contributed by atoms with Crippen LogP contribution in [0.2, 0.25) is 5.02 Å². The Morgan fingerprint density at radius 2 is 2.20 bits per heavy atom. The lowest BCUT2D eigenvalue weighted by Crippen LogP contribution is -2.50. The summed E-state index contributed by atoms with van der Waals surface area (Å²) in [6.07, 6.45) is 0.661. The topological polar surface area (TPSA) is 46.2 Å². The molecule has 2 rings (SSSR count). The fourth-order valence-electron chi connectivity index (χ4n) is 2.25. The predicted molar refractivity (Wildman–Crippen MR) is 57.4 cm³/mol. The smallest absolute Gasteiger partial charge is 0.145 e. The summed E-state index contributed by atoms with van der Waals surface area (Å²) in [6.45, 7) is 0.335. The number of hydrogen-bond acceptors (Lipinski definition) is 2. The van der Waals surface area contributed by atoms with Crippen LogP contribution >= 0.6 is 11.6 Å². The van der Waals surface area contributed by atoms with Crippen LogP contribution in [0.15, 0.2) is 18.2 Å². The molecule has 1 aliphatic carbocycles. The molecule has 2 nitrogen and oxygen atoms in total. The maximum Gasteiger partial charge on any atom is 0.145 e. The number of benzene rings is 1. The second-order valence-corrected chi connectivity index (χ2v) is 4.56. The van der Waals surface area contributed by atoms with Gasteiger partial charge in [0, 0.05) is 12.0 Å². The number of rotatable bonds is 2. The summed E-state index contributed by atoms with van der Waals surface area (Å²) in [5.74, 6) is -0.406. The number of aliphatic hydroxyl groups is 1. The fourth-order valence-corrected chi connectivity index (χ4v) is 2.43. The average Bonchev–Trinajstić information content (AvgIpc) is 2.17. The molecular weight excluding hydrogens is 217 g/mol. The largest absolute Gasteiger partial charge is 0.393 e. The molecular formula is C11H13ClFNO. The first-order chi connectivity index (χ1) is 7.09. The molecule has 0 bridgehead atoms. The monoisotopic (exact) mass is 229 g/mol. The van der Waals surface area contributed by atoms with Gasteiger partial charge in [0.2, 0.25) is 0 Å². The van der Waals surface area contributed by atoms with Crippen molar-refractivity contribution in [3.05, 3.63) is 34.6 Å². The first-order valence-electron chi connectivity index (χ1n) is 4.92. The summed E-state index contributed by atoms with van der Waals surface area (Å²) in [6, 6.07) is 4.92. The minimum Gasteiger partial charge on any atom is -0.393 e. The van der Waals surface area contributed by atoms with Gasteiger partial charge in [-0.15, -0.1) is 0 Å². The van der Waals surface area contributed by atoms with Crippen LogP contribution in [0.5, 0.6) is 0 Å². The van der Waals surface area contributed by atoms with E-state index >= 15 is 0 Å². The molecule has 0 spiro atoms. The second kappa shape index (κ2) is 3.74. The van der Waals surface area contributed by atoms with E-state index in [-0.39, 0.29) is 11.1 Å². The van der Waals surface area contributed by atoms with Crippen LogP contribution in [0.1, 0.15) is 18.4 Å². The highest BCUT2D eigenvalue weighted by atomic mass is 35.5. The summed E-state index contributed by atoms with van der Waals surface area (Å²) < 4.78 is 13.8. The Morgan fingerprint density at radius 1 is 1.53 bits per heavy atom. The molecule has 15 heavy (non-hydrogen) atoms. The molecule has 3 N–H and O–H groups in total. The van der Waals surface area contributed by atoms with Crippen molar-refractivity contribution in [2.24, 2.45) is 5.73 Å². The second-order valence-electron chi connectivity index (χ2n) is 4.15. The Balaban J connectivity index is 2.40. The third-order valence-corrected chi connectivity index (χ3v) is 3.46. The zero-order chi connectivity index (χ0) is 11.1. The minimum atomic E-state index is -0.422. The highest BCUT2D eigenvalue weighted by molar-refractivity contribution is 6.30. The van der Waals surface area contributed by atoms with Gasteiger partial charge < -0.3 is 10.8 Å². The lowest BCUT2D eigenvalue weighted by Gasteiger charge is -2.45. The number of hydrogen-bond donors (Lipinski definition) is 2. The van der Waals surface area contributed by atoms with E-state index in [1.165, 1.54) is 6.07 Å². The first kappa shape index (κ1) is 10.9. The van der Waals surface area contributed by atoms with Crippen molar-refractivity contribution in [2.45, 2.75) is 24.4 Å². The molecule has 0 aliphatic heterocycles. The molecule has 4 heteroatoms. The zero-order valence-electron chi connectivity index (χ0n) is 8.21. The Hall–Kier alpha value is -0.640. The summed E-state index contributed by atoms with van der Waals surface area (Å²) in [7, 11) is 0. The third kappa shape index (κ3) is 1.65. The van der Waals surface area contributed by atoms with Crippen molar-refractivity contribution in [3.63, 3.8) is 0 Å². The first-order valence-corrected chi connectivity index (χ1v) is 5.29. The Morgan fingerprint density at radius 3 is 2.73 bits per heavy atom. The van der Waals surface area contributed by atoms with Crippen molar-refractivity contribution >= 4 is 11.6 Å². The molecule has 0 atom stereocenters. The quantitative estimate of drug-likeness (QED) is 0.813. The van der Waals surface area contributed by atoms with Gasteiger partial charge in [-0.05, 0) is 24.5 Å². The summed E-state index contributed by atoms with van der Waals surface area (Å²) in [5.41, 5.74) is 5.77. The van der Waals surface area contributed by atoms with E-state index in [4.69, 9.17) is 17.3 Å². The van der Waals surface area contributed by atoms with Crippen molar-refractivity contribution in [2.75, 3.05) is 6.54 Å². The molecule has 0 aromatic heterocycles. The Labute approximate surface area is 92.9 Å². The molecule has 1 aliphatic rings. The molecule has 1 saturated carbocycles. The fraction of sp³-hybridized carbons (Fsp3) is 0.455.